The zero-order valence-corrected chi connectivity index (χ0v) is 9.15. The Labute approximate surface area is 95.1 Å². The summed E-state index contributed by atoms with van der Waals surface area (Å²) in [6, 6.07) is 0. The number of methoxy groups -OCH3 is 1. The summed E-state index contributed by atoms with van der Waals surface area (Å²) in [6.07, 6.45) is 2.69. The molecule has 16 heavy (non-hydrogen) atoms. The summed E-state index contributed by atoms with van der Waals surface area (Å²) < 4.78 is 11.2. The molecule has 0 aliphatic carbocycles. The average molecular weight is 240 g/mol. The van der Waals surface area contributed by atoms with Crippen LogP contribution in [-0.4, -0.2) is 32.8 Å². The van der Waals surface area contributed by atoms with Gasteiger partial charge in [-0.1, -0.05) is 0 Å². The minimum absolute atomic E-state index is 0.0198. The van der Waals surface area contributed by atoms with Crippen molar-refractivity contribution in [2.75, 3.05) is 7.11 Å². The van der Waals surface area contributed by atoms with E-state index < -0.39 is 5.97 Å². The number of ether oxygens (including phenoxy) is 1. The maximum atomic E-state index is 11.2. The van der Waals surface area contributed by atoms with Gasteiger partial charge in [0.1, 0.15) is 18.5 Å². The van der Waals surface area contributed by atoms with Crippen LogP contribution in [-0.2, 0) is 16.1 Å². The molecular weight excluding hydrogens is 232 g/mol. The highest BCUT2D eigenvalue weighted by Gasteiger charge is 2.14. The fourth-order valence-electron chi connectivity index (χ4n) is 1.18. The van der Waals surface area contributed by atoms with Crippen LogP contribution in [0.15, 0.2) is 17.1 Å². The molecule has 84 valence electrons. The van der Waals surface area contributed by atoms with Crippen molar-refractivity contribution in [1.82, 2.24) is 19.7 Å². The lowest BCUT2D eigenvalue weighted by atomic mass is 10.4. The van der Waals surface area contributed by atoms with Gasteiger partial charge in [-0.25, -0.2) is 4.98 Å². The van der Waals surface area contributed by atoms with Gasteiger partial charge in [0, 0.05) is 0 Å². The molecule has 2 aromatic rings. The van der Waals surface area contributed by atoms with Crippen molar-refractivity contribution in [1.29, 1.82) is 0 Å². The van der Waals surface area contributed by atoms with Gasteiger partial charge in [0.2, 0.25) is 0 Å². The quantitative estimate of drug-likeness (QED) is 0.630. The van der Waals surface area contributed by atoms with E-state index in [1.165, 1.54) is 24.3 Å². The SMILES string of the molecule is COC(=O)Cn1c(-c2cocn2)n[nH]c1=S. The van der Waals surface area contributed by atoms with Gasteiger partial charge in [-0.05, 0) is 12.2 Å². The van der Waals surface area contributed by atoms with Crippen molar-refractivity contribution in [2.24, 2.45) is 0 Å². The lowest BCUT2D eigenvalue weighted by molar-refractivity contribution is -0.141. The van der Waals surface area contributed by atoms with Crippen LogP contribution in [0.5, 0.6) is 0 Å². The molecule has 0 saturated carbocycles. The number of H-pyrrole nitrogens is 1. The van der Waals surface area contributed by atoms with Gasteiger partial charge in [-0.3, -0.25) is 14.5 Å². The molecule has 0 aliphatic heterocycles. The number of carbonyl (C=O) groups excluding carboxylic acids is 1. The summed E-state index contributed by atoms with van der Waals surface area (Å²) in [7, 11) is 1.31. The topological polar surface area (TPSA) is 85.9 Å². The van der Waals surface area contributed by atoms with Crippen molar-refractivity contribution in [3.63, 3.8) is 0 Å². The normalized spacial score (nSPS) is 10.3. The zero-order chi connectivity index (χ0) is 11.5. The van der Waals surface area contributed by atoms with E-state index >= 15 is 0 Å². The molecule has 0 bridgehead atoms. The van der Waals surface area contributed by atoms with Crippen LogP contribution in [0.3, 0.4) is 0 Å². The molecule has 2 aromatic heterocycles. The molecule has 1 N–H and O–H groups in total. The molecule has 2 rings (SSSR count). The fraction of sp³-hybridized carbons (Fsp3) is 0.250. The van der Waals surface area contributed by atoms with Gasteiger partial charge in [0.15, 0.2) is 17.0 Å². The van der Waals surface area contributed by atoms with E-state index in [-0.39, 0.29) is 6.54 Å². The second-order valence-corrected chi connectivity index (χ2v) is 3.28. The van der Waals surface area contributed by atoms with E-state index in [1.54, 1.807) is 0 Å². The number of nitrogens with one attached hydrogen (secondary N) is 1. The molecule has 7 nitrogen and oxygen atoms in total. The van der Waals surface area contributed by atoms with Gasteiger partial charge >= 0.3 is 5.97 Å². The van der Waals surface area contributed by atoms with E-state index in [2.05, 4.69) is 19.9 Å². The Morgan fingerprint density at radius 1 is 1.75 bits per heavy atom. The van der Waals surface area contributed by atoms with Crippen LogP contribution in [0.25, 0.3) is 11.5 Å². The molecule has 0 atom stereocenters. The highest BCUT2D eigenvalue weighted by molar-refractivity contribution is 7.71. The first-order valence-corrected chi connectivity index (χ1v) is 4.73. The maximum Gasteiger partial charge on any atom is 0.325 e. The Balaban J connectivity index is 2.41. The van der Waals surface area contributed by atoms with Crippen molar-refractivity contribution in [3.05, 3.63) is 17.4 Å². The van der Waals surface area contributed by atoms with Gasteiger partial charge in [0.25, 0.3) is 0 Å². The van der Waals surface area contributed by atoms with Crippen molar-refractivity contribution in [2.45, 2.75) is 6.54 Å². The first-order valence-electron chi connectivity index (χ1n) is 4.33. The largest absolute Gasteiger partial charge is 0.468 e. The summed E-state index contributed by atoms with van der Waals surface area (Å²) >= 11 is 4.99. The Bertz CT molecular complexity index is 542. The second kappa shape index (κ2) is 4.27. The Hall–Kier alpha value is -1.96. The minimum Gasteiger partial charge on any atom is -0.468 e. The third-order valence-electron chi connectivity index (χ3n) is 1.93. The number of hydrogen-bond acceptors (Lipinski definition) is 6. The fourth-order valence-corrected chi connectivity index (χ4v) is 1.37. The van der Waals surface area contributed by atoms with Crippen LogP contribution in [0.2, 0.25) is 0 Å². The molecule has 0 amide bonds. The number of carbonyl (C=O) groups is 1. The van der Waals surface area contributed by atoms with Crippen molar-refractivity contribution < 1.29 is 13.9 Å². The molecule has 0 aliphatic rings. The summed E-state index contributed by atoms with van der Waals surface area (Å²) in [5.41, 5.74) is 0.497. The van der Waals surface area contributed by atoms with E-state index in [9.17, 15) is 4.79 Å². The summed E-state index contributed by atoms with van der Waals surface area (Å²) in [5, 5.41) is 6.54. The lowest BCUT2D eigenvalue weighted by Gasteiger charge is -2.02. The smallest absolute Gasteiger partial charge is 0.325 e. The Morgan fingerprint density at radius 2 is 2.56 bits per heavy atom. The first-order chi connectivity index (χ1) is 7.72. The van der Waals surface area contributed by atoms with E-state index in [0.29, 0.717) is 16.3 Å². The molecule has 0 saturated heterocycles. The number of hydrogen-bond donors (Lipinski definition) is 1. The molecule has 0 radical (unpaired) electrons. The van der Waals surface area contributed by atoms with Crippen LogP contribution in [0.1, 0.15) is 0 Å². The maximum absolute atomic E-state index is 11.2. The third kappa shape index (κ3) is 1.87. The molecule has 8 heteroatoms. The van der Waals surface area contributed by atoms with E-state index in [4.69, 9.17) is 16.6 Å². The molecule has 0 unspecified atom stereocenters. The van der Waals surface area contributed by atoms with E-state index in [0.717, 1.165) is 0 Å². The summed E-state index contributed by atoms with van der Waals surface area (Å²) in [5.74, 6) is 0.0198. The molecule has 2 heterocycles. The van der Waals surface area contributed by atoms with E-state index in [1.807, 2.05) is 0 Å². The standard InChI is InChI=1S/C8H8N4O3S/c1-14-6(13)2-12-7(10-11-8(12)16)5-3-15-4-9-5/h3-4H,2H2,1H3,(H,11,16). The summed E-state index contributed by atoms with van der Waals surface area (Å²) in [4.78, 5) is 15.1. The first kappa shape index (κ1) is 10.6. The minimum atomic E-state index is -0.415. The van der Waals surface area contributed by atoms with Gasteiger partial charge in [-0.15, -0.1) is 0 Å². The highest BCUT2D eigenvalue weighted by atomic mass is 32.1. The van der Waals surface area contributed by atoms with Crippen molar-refractivity contribution >= 4 is 18.2 Å². The monoisotopic (exact) mass is 240 g/mol. The summed E-state index contributed by atoms with van der Waals surface area (Å²) in [6.45, 7) is -0.0198. The van der Waals surface area contributed by atoms with Crippen molar-refractivity contribution in [3.8, 4) is 11.5 Å². The molecule has 0 fully saturated rings. The predicted octanol–water partition coefficient (Wildman–Crippen LogP) is 0.769. The van der Waals surface area contributed by atoms with Crippen LogP contribution >= 0.6 is 12.2 Å². The number of oxazole rings is 1. The van der Waals surface area contributed by atoms with Gasteiger partial charge < -0.3 is 9.15 Å². The van der Waals surface area contributed by atoms with Crippen LogP contribution in [0.4, 0.5) is 0 Å². The Kier molecular flexibility index (Phi) is 2.82. The Morgan fingerprint density at radius 3 is 3.19 bits per heavy atom. The second-order valence-electron chi connectivity index (χ2n) is 2.89. The predicted molar refractivity (Wildman–Crippen MR) is 54.9 cm³/mol. The highest BCUT2D eigenvalue weighted by Crippen LogP contribution is 2.14. The van der Waals surface area contributed by atoms with Gasteiger partial charge in [-0.2, -0.15) is 5.10 Å². The van der Waals surface area contributed by atoms with Crippen LogP contribution < -0.4 is 0 Å². The molecule has 0 aromatic carbocycles. The number of aromatic amines is 1. The number of aromatic nitrogens is 4. The number of esters is 1. The number of rotatable bonds is 3. The number of nitrogens with zero attached hydrogens (tertiary/aromatic N) is 3. The molecule has 0 spiro atoms. The third-order valence-corrected chi connectivity index (χ3v) is 2.25. The lowest BCUT2D eigenvalue weighted by Crippen LogP contribution is -2.12. The van der Waals surface area contributed by atoms with Crippen LogP contribution in [0, 0.1) is 4.77 Å². The zero-order valence-electron chi connectivity index (χ0n) is 8.34. The van der Waals surface area contributed by atoms with Gasteiger partial charge in [0.05, 0.1) is 7.11 Å². The molecular formula is C8H8N4O3S. The average Bonchev–Trinajstić information content (AvgIpc) is 2.89.